The molecule has 1 saturated heterocycles. The van der Waals surface area contributed by atoms with Crippen molar-refractivity contribution in [1.29, 1.82) is 0 Å². The topological polar surface area (TPSA) is 23.6 Å². The van der Waals surface area contributed by atoms with E-state index in [1.165, 1.54) is 17.0 Å². The quantitative estimate of drug-likeness (QED) is 0.677. The van der Waals surface area contributed by atoms with Crippen LogP contribution in [0.15, 0.2) is 18.2 Å². The molecule has 7 heteroatoms. The first-order valence-electron chi connectivity index (χ1n) is 7.10. The zero-order valence-electron chi connectivity index (χ0n) is 12.5. The lowest BCUT2D eigenvalue weighted by atomic mass is 10.1. The van der Waals surface area contributed by atoms with Gasteiger partial charge < -0.3 is 4.90 Å². The molecule has 3 nitrogen and oxygen atoms in total. The summed E-state index contributed by atoms with van der Waals surface area (Å²) in [5, 5.41) is 0. The van der Waals surface area contributed by atoms with Crippen molar-refractivity contribution in [3.8, 4) is 0 Å². The summed E-state index contributed by atoms with van der Waals surface area (Å²) in [7, 11) is 0. The summed E-state index contributed by atoms with van der Waals surface area (Å²) in [4.78, 5) is 16.2. The van der Waals surface area contributed by atoms with Crippen molar-refractivity contribution in [2.24, 2.45) is 0 Å². The van der Waals surface area contributed by atoms with E-state index in [-0.39, 0.29) is 5.56 Å². The van der Waals surface area contributed by atoms with E-state index < -0.39 is 17.6 Å². The molecule has 1 aromatic carbocycles. The normalized spacial score (nSPS) is 17.1. The predicted octanol–water partition coefficient (Wildman–Crippen LogP) is 3.48. The summed E-state index contributed by atoms with van der Waals surface area (Å²) in [6.45, 7) is 6.43. The van der Waals surface area contributed by atoms with Gasteiger partial charge in [-0.25, -0.2) is 0 Å². The average Bonchev–Trinajstić information content (AvgIpc) is 2.45. The van der Waals surface area contributed by atoms with Crippen molar-refractivity contribution < 1.29 is 18.0 Å². The maximum absolute atomic E-state index is 13.1. The van der Waals surface area contributed by atoms with E-state index in [1.54, 1.807) is 0 Å². The molecular weight excluding hydrogens is 408 g/mol. The third-order valence-electron chi connectivity index (χ3n) is 3.85. The van der Waals surface area contributed by atoms with Gasteiger partial charge in [0, 0.05) is 35.8 Å². The summed E-state index contributed by atoms with van der Waals surface area (Å²) >= 11 is 1.82. The van der Waals surface area contributed by atoms with Gasteiger partial charge in [0.25, 0.3) is 5.91 Å². The number of nitrogens with zero attached hydrogens (tertiary/aromatic N) is 2. The number of carbonyl (C=O) groups excluding carboxylic acids is 1. The molecular formula is C15H18F3IN2O. The minimum absolute atomic E-state index is 0.258. The summed E-state index contributed by atoms with van der Waals surface area (Å²) in [5.41, 5.74) is -1.11. The Kier molecular flexibility index (Phi) is 5.37. The van der Waals surface area contributed by atoms with Crippen molar-refractivity contribution in [2.75, 3.05) is 26.2 Å². The minimum Gasteiger partial charge on any atom is -0.336 e. The van der Waals surface area contributed by atoms with Crippen LogP contribution in [-0.2, 0) is 6.18 Å². The SMILES string of the molecule is CC(C)N1CCN(C(=O)c2ccc(I)cc2C(F)(F)F)CC1. The molecule has 0 aliphatic carbocycles. The van der Waals surface area contributed by atoms with Crippen LogP contribution < -0.4 is 0 Å². The molecule has 1 heterocycles. The van der Waals surface area contributed by atoms with Crippen molar-refractivity contribution in [1.82, 2.24) is 9.80 Å². The smallest absolute Gasteiger partial charge is 0.336 e. The van der Waals surface area contributed by atoms with Crippen LogP contribution in [-0.4, -0.2) is 47.9 Å². The molecule has 1 amide bonds. The lowest BCUT2D eigenvalue weighted by Crippen LogP contribution is -2.50. The second kappa shape index (κ2) is 6.74. The summed E-state index contributed by atoms with van der Waals surface area (Å²) < 4.78 is 39.9. The number of hydrogen-bond acceptors (Lipinski definition) is 2. The van der Waals surface area contributed by atoms with Gasteiger partial charge in [0.05, 0.1) is 11.1 Å². The number of carbonyl (C=O) groups is 1. The molecule has 0 atom stereocenters. The van der Waals surface area contributed by atoms with E-state index in [9.17, 15) is 18.0 Å². The number of alkyl halides is 3. The highest BCUT2D eigenvalue weighted by Gasteiger charge is 2.37. The van der Waals surface area contributed by atoms with Crippen molar-refractivity contribution >= 4 is 28.5 Å². The highest BCUT2D eigenvalue weighted by atomic mass is 127. The molecule has 22 heavy (non-hydrogen) atoms. The monoisotopic (exact) mass is 426 g/mol. The van der Waals surface area contributed by atoms with Crippen LogP contribution in [0.25, 0.3) is 0 Å². The van der Waals surface area contributed by atoms with Gasteiger partial charge in [-0.05, 0) is 54.6 Å². The standard InChI is InChI=1S/C15H18F3IN2O/c1-10(2)20-5-7-21(8-6-20)14(22)12-4-3-11(19)9-13(12)15(16,17)18/h3-4,9-10H,5-8H2,1-2H3. The maximum Gasteiger partial charge on any atom is 0.417 e. The van der Waals surface area contributed by atoms with Crippen LogP contribution in [0.1, 0.15) is 29.8 Å². The summed E-state index contributed by atoms with van der Waals surface area (Å²) in [5.74, 6) is -0.535. The Morgan fingerprint density at radius 3 is 2.27 bits per heavy atom. The van der Waals surface area contributed by atoms with Crippen molar-refractivity contribution in [3.63, 3.8) is 0 Å². The van der Waals surface area contributed by atoms with E-state index in [1.807, 2.05) is 22.6 Å². The Morgan fingerprint density at radius 2 is 1.77 bits per heavy atom. The number of amides is 1. The maximum atomic E-state index is 13.1. The van der Waals surface area contributed by atoms with Crippen LogP contribution in [0, 0.1) is 3.57 Å². The third kappa shape index (κ3) is 3.92. The van der Waals surface area contributed by atoms with Gasteiger partial charge in [-0.15, -0.1) is 0 Å². The van der Waals surface area contributed by atoms with E-state index in [2.05, 4.69) is 18.7 Å². The van der Waals surface area contributed by atoms with Crippen LogP contribution in [0.4, 0.5) is 13.2 Å². The molecule has 1 aromatic rings. The largest absolute Gasteiger partial charge is 0.417 e. The number of rotatable bonds is 2. The number of halogens is 4. The molecule has 0 N–H and O–H groups in total. The first kappa shape index (κ1) is 17.5. The van der Waals surface area contributed by atoms with Gasteiger partial charge in [0.1, 0.15) is 0 Å². The second-order valence-corrected chi connectivity index (χ2v) is 6.86. The van der Waals surface area contributed by atoms with Crippen LogP contribution in [0.2, 0.25) is 0 Å². The predicted molar refractivity (Wildman–Crippen MR) is 86.8 cm³/mol. The third-order valence-corrected chi connectivity index (χ3v) is 4.52. The minimum atomic E-state index is -4.52. The molecule has 2 rings (SSSR count). The van der Waals surface area contributed by atoms with Crippen LogP contribution in [0.3, 0.4) is 0 Å². The van der Waals surface area contributed by atoms with Gasteiger partial charge in [-0.2, -0.15) is 13.2 Å². The number of benzene rings is 1. The molecule has 1 aliphatic rings. The van der Waals surface area contributed by atoms with Gasteiger partial charge >= 0.3 is 6.18 Å². The lowest BCUT2D eigenvalue weighted by molar-refractivity contribution is -0.138. The fourth-order valence-corrected chi connectivity index (χ4v) is 3.04. The Labute approximate surface area is 141 Å². The fourth-order valence-electron chi connectivity index (χ4n) is 2.55. The van der Waals surface area contributed by atoms with Crippen molar-refractivity contribution in [3.05, 3.63) is 32.9 Å². The van der Waals surface area contributed by atoms with Gasteiger partial charge in [0.2, 0.25) is 0 Å². The Balaban J connectivity index is 2.21. The zero-order valence-corrected chi connectivity index (χ0v) is 14.6. The fraction of sp³-hybridized carbons (Fsp3) is 0.533. The van der Waals surface area contributed by atoms with E-state index in [4.69, 9.17) is 0 Å². The van der Waals surface area contributed by atoms with Crippen LogP contribution in [0.5, 0.6) is 0 Å². The lowest BCUT2D eigenvalue weighted by Gasteiger charge is -2.37. The average molecular weight is 426 g/mol. The Hall–Kier alpha value is -0.830. The number of piperazine rings is 1. The molecule has 0 radical (unpaired) electrons. The van der Waals surface area contributed by atoms with Gasteiger partial charge in [-0.3, -0.25) is 9.69 Å². The molecule has 0 spiro atoms. The van der Waals surface area contributed by atoms with E-state index >= 15 is 0 Å². The van der Waals surface area contributed by atoms with E-state index in [0.717, 1.165) is 6.07 Å². The first-order chi connectivity index (χ1) is 10.2. The molecule has 1 fully saturated rings. The van der Waals surface area contributed by atoms with Gasteiger partial charge in [0.15, 0.2) is 0 Å². The summed E-state index contributed by atoms with van der Waals surface area (Å²) in [6.07, 6.45) is -4.52. The second-order valence-electron chi connectivity index (χ2n) is 5.61. The molecule has 0 unspecified atom stereocenters. The molecule has 122 valence electrons. The first-order valence-corrected chi connectivity index (χ1v) is 8.18. The van der Waals surface area contributed by atoms with Crippen LogP contribution >= 0.6 is 22.6 Å². The van der Waals surface area contributed by atoms with E-state index in [0.29, 0.717) is 35.8 Å². The Bertz CT molecular complexity index is 552. The molecule has 1 aliphatic heterocycles. The zero-order chi connectivity index (χ0) is 16.5. The highest BCUT2D eigenvalue weighted by molar-refractivity contribution is 14.1. The molecule has 0 saturated carbocycles. The van der Waals surface area contributed by atoms with Crippen molar-refractivity contribution in [2.45, 2.75) is 26.1 Å². The number of hydrogen-bond donors (Lipinski definition) is 0. The molecule has 0 aromatic heterocycles. The van der Waals surface area contributed by atoms with Gasteiger partial charge in [-0.1, -0.05) is 0 Å². The summed E-state index contributed by atoms with van der Waals surface area (Å²) in [6, 6.07) is 4.22. The Morgan fingerprint density at radius 1 is 1.18 bits per heavy atom. The molecule has 0 bridgehead atoms. The highest BCUT2D eigenvalue weighted by Crippen LogP contribution is 2.33.